The average molecular weight is 257 g/mol. The lowest BCUT2D eigenvalue weighted by molar-refractivity contribution is -0.151. The van der Waals surface area contributed by atoms with Crippen LogP contribution in [0.4, 0.5) is 0 Å². The van der Waals surface area contributed by atoms with Gasteiger partial charge < -0.3 is 19.5 Å². The fourth-order valence-corrected chi connectivity index (χ4v) is 1.51. The highest BCUT2D eigenvalue weighted by molar-refractivity contribution is 5.76. The number of hydrogen-bond acceptors (Lipinski definition) is 6. The van der Waals surface area contributed by atoms with Crippen LogP contribution in [0.1, 0.15) is 11.8 Å². The van der Waals surface area contributed by atoms with Crippen molar-refractivity contribution in [2.24, 2.45) is 0 Å². The van der Waals surface area contributed by atoms with Gasteiger partial charge in [0.25, 0.3) is 0 Å². The van der Waals surface area contributed by atoms with Crippen molar-refractivity contribution in [2.45, 2.75) is 12.6 Å². The molecule has 0 spiro atoms. The predicted octanol–water partition coefficient (Wildman–Crippen LogP) is -0.340. The molecule has 0 aliphatic heterocycles. The maximum Gasteiger partial charge on any atom is 0.341 e. The van der Waals surface area contributed by atoms with Gasteiger partial charge in [-0.15, -0.1) is 0 Å². The molecule has 7 heteroatoms. The Labute approximate surface area is 106 Å². The smallest absolute Gasteiger partial charge is 0.341 e. The van der Waals surface area contributed by atoms with Crippen LogP contribution in [0.3, 0.4) is 0 Å². The predicted molar refractivity (Wildman–Crippen MR) is 64.3 cm³/mol. The minimum Gasteiger partial charge on any atom is -0.493 e. The van der Waals surface area contributed by atoms with Gasteiger partial charge >= 0.3 is 5.97 Å². The Morgan fingerprint density at radius 3 is 2.72 bits per heavy atom. The molecule has 0 aliphatic rings. The molecule has 1 aromatic heterocycles. The third kappa shape index (κ3) is 3.21. The summed E-state index contributed by atoms with van der Waals surface area (Å²) >= 11 is 0. The summed E-state index contributed by atoms with van der Waals surface area (Å²) in [4.78, 5) is 13.4. The van der Waals surface area contributed by atoms with Crippen LogP contribution in [0.2, 0.25) is 0 Å². The fraction of sp³-hybridized carbons (Fsp3) is 0.636. The van der Waals surface area contributed by atoms with Crippen LogP contribution in [0, 0.1) is 0 Å². The first-order valence-corrected chi connectivity index (χ1v) is 5.51. The highest BCUT2D eigenvalue weighted by atomic mass is 16.5. The topological polar surface area (TPSA) is 76.8 Å². The van der Waals surface area contributed by atoms with Gasteiger partial charge in [-0.2, -0.15) is 5.10 Å². The standard InChI is InChI=1S/C11H19N3O4/c1-13(2)5-6-14-9(8(17-3)7-12-14)10(15)11(16)18-4/h7,10,15H,5-6H2,1-4H3. The number of aliphatic hydroxyl groups is 1. The van der Waals surface area contributed by atoms with E-state index in [9.17, 15) is 9.90 Å². The van der Waals surface area contributed by atoms with Crippen LogP contribution in [-0.4, -0.2) is 60.6 Å². The lowest BCUT2D eigenvalue weighted by atomic mass is 10.2. The molecule has 0 fully saturated rings. The second-order valence-electron chi connectivity index (χ2n) is 4.05. The molecule has 1 rings (SSSR count). The highest BCUT2D eigenvalue weighted by Crippen LogP contribution is 2.25. The Morgan fingerprint density at radius 1 is 1.56 bits per heavy atom. The molecule has 1 heterocycles. The number of rotatable bonds is 6. The number of methoxy groups -OCH3 is 2. The zero-order valence-electron chi connectivity index (χ0n) is 11.1. The van der Waals surface area contributed by atoms with Gasteiger partial charge in [-0.3, -0.25) is 4.68 Å². The van der Waals surface area contributed by atoms with E-state index >= 15 is 0 Å². The molecule has 0 aromatic carbocycles. The summed E-state index contributed by atoms with van der Waals surface area (Å²) in [6, 6.07) is 0. The number of ether oxygens (including phenoxy) is 2. The van der Waals surface area contributed by atoms with Crippen molar-refractivity contribution < 1.29 is 19.4 Å². The molecule has 18 heavy (non-hydrogen) atoms. The summed E-state index contributed by atoms with van der Waals surface area (Å²) in [6.45, 7) is 1.27. The normalized spacial score (nSPS) is 12.6. The molecule has 0 radical (unpaired) electrons. The van der Waals surface area contributed by atoms with Gasteiger partial charge in [0, 0.05) is 6.54 Å². The Balaban J connectivity index is 2.98. The lowest BCUT2D eigenvalue weighted by Crippen LogP contribution is -2.23. The number of carbonyl (C=O) groups is 1. The van der Waals surface area contributed by atoms with Crippen LogP contribution >= 0.6 is 0 Å². The molecule has 1 N–H and O–H groups in total. The molecule has 7 nitrogen and oxygen atoms in total. The van der Waals surface area contributed by atoms with E-state index in [1.165, 1.54) is 20.4 Å². The minimum absolute atomic E-state index is 0.311. The van der Waals surface area contributed by atoms with E-state index in [1.54, 1.807) is 4.68 Å². The van der Waals surface area contributed by atoms with Crippen LogP contribution in [0.25, 0.3) is 0 Å². The monoisotopic (exact) mass is 257 g/mol. The zero-order valence-corrected chi connectivity index (χ0v) is 11.1. The molecule has 1 aromatic rings. The summed E-state index contributed by atoms with van der Waals surface area (Å²) < 4.78 is 11.1. The van der Waals surface area contributed by atoms with Crippen molar-refractivity contribution in [3.05, 3.63) is 11.9 Å². The van der Waals surface area contributed by atoms with Gasteiger partial charge in [0.15, 0.2) is 11.9 Å². The van der Waals surface area contributed by atoms with Crippen LogP contribution in [-0.2, 0) is 16.1 Å². The lowest BCUT2D eigenvalue weighted by Gasteiger charge is -2.15. The fourth-order valence-electron chi connectivity index (χ4n) is 1.51. The molecule has 102 valence electrons. The van der Waals surface area contributed by atoms with Crippen molar-refractivity contribution >= 4 is 5.97 Å². The molecule has 1 atom stereocenters. The Hall–Kier alpha value is -1.60. The van der Waals surface area contributed by atoms with Crippen molar-refractivity contribution in [1.29, 1.82) is 0 Å². The van der Waals surface area contributed by atoms with Crippen molar-refractivity contribution in [1.82, 2.24) is 14.7 Å². The number of nitrogens with zero attached hydrogens (tertiary/aromatic N) is 3. The number of esters is 1. The van der Waals surface area contributed by atoms with E-state index < -0.39 is 12.1 Å². The number of aliphatic hydroxyl groups excluding tert-OH is 1. The molecule has 0 bridgehead atoms. The summed E-state index contributed by atoms with van der Waals surface area (Å²) in [5.41, 5.74) is 0.311. The number of likely N-dealkylation sites (N-methyl/N-ethyl adjacent to an activating group) is 1. The van der Waals surface area contributed by atoms with Gasteiger partial charge in [-0.25, -0.2) is 4.79 Å². The SMILES string of the molecule is COC(=O)C(O)c1c(OC)cnn1CCN(C)C. The van der Waals surface area contributed by atoms with Gasteiger partial charge in [-0.05, 0) is 14.1 Å². The van der Waals surface area contributed by atoms with E-state index in [2.05, 4.69) is 9.84 Å². The summed E-state index contributed by atoms with van der Waals surface area (Å²) in [5, 5.41) is 14.0. The van der Waals surface area contributed by atoms with Crippen molar-refractivity contribution in [3.63, 3.8) is 0 Å². The van der Waals surface area contributed by atoms with Crippen molar-refractivity contribution in [2.75, 3.05) is 34.9 Å². The van der Waals surface area contributed by atoms with Gasteiger partial charge in [-0.1, -0.05) is 0 Å². The quantitative estimate of drug-likeness (QED) is 0.703. The van der Waals surface area contributed by atoms with Crippen LogP contribution in [0.5, 0.6) is 5.75 Å². The van der Waals surface area contributed by atoms with Crippen LogP contribution in [0.15, 0.2) is 6.20 Å². The third-order valence-electron chi connectivity index (χ3n) is 2.51. The summed E-state index contributed by atoms with van der Waals surface area (Å²) in [7, 11) is 6.54. The Bertz CT molecular complexity index is 403. The van der Waals surface area contributed by atoms with E-state index in [0.29, 0.717) is 18.0 Å². The highest BCUT2D eigenvalue weighted by Gasteiger charge is 2.26. The Kier molecular flexibility index (Phi) is 5.11. The van der Waals surface area contributed by atoms with E-state index in [1.807, 2.05) is 19.0 Å². The maximum absolute atomic E-state index is 11.4. The Morgan fingerprint density at radius 2 is 2.22 bits per heavy atom. The largest absolute Gasteiger partial charge is 0.493 e. The third-order valence-corrected chi connectivity index (χ3v) is 2.51. The van der Waals surface area contributed by atoms with Gasteiger partial charge in [0.2, 0.25) is 0 Å². The molecular formula is C11H19N3O4. The molecule has 0 amide bonds. The van der Waals surface area contributed by atoms with E-state index in [0.717, 1.165) is 6.54 Å². The molecular weight excluding hydrogens is 238 g/mol. The summed E-state index contributed by atoms with van der Waals surface area (Å²) in [5.74, 6) is -0.369. The van der Waals surface area contributed by atoms with Crippen LogP contribution < -0.4 is 4.74 Å². The number of aromatic nitrogens is 2. The zero-order chi connectivity index (χ0) is 13.7. The first kappa shape index (κ1) is 14.5. The molecule has 0 aliphatic carbocycles. The average Bonchev–Trinajstić information content (AvgIpc) is 2.77. The number of carbonyl (C=O) groups excluding carboxylic acids is 1. The van der Waals surface area contributed by atoms with Crippen molar-refractivity contribution in [3.8, 4) is 5.75 Å². The molecule has 0 saturated carbocycles. The van der Waals surface area contributed by atoms with Gasteiger partial charge in [0.1, 0.15) is 5.69 Å². The second-order valence-corrected chi connectivity index (χ2v) is 4.05. The first-order chi connectivity index (χ1) is 8.51. The second kappa shape index (κ2) is 6.36. The van der Waals surface area contributed by atoms with Gasteiger partial charge in [0.05, 0.1) is 27.0 Å². The van der Waals surface area contributed by atoms with E-state index in [4.69, 9.17) is 4.74 Å². The number of hydrogen-bond donors (Lipinski definition) is 1. The maximum atomic E-state index is 11.4. The summed E-state index contributed by atoms with van der Waals surface area (Å²) in [6.07, 6.45) is 0.0755. The minimum atomic E-state index is -1.39. The molecule has 0 saturated heterocycles. The van der Waals surface area contributed by atoms with E-state index in [-0.39, 0.29) is 0 Å². The molecule has 1 unspecified atom stereocenters. The first-order valence-electron chi connectivity index (χ1n) is 5.51.